The maximum atomic E-state index is 11.5. The van der Waals surface area contributed by atoms with Gasteiger partial charge in [0, 0.05) is 6.92 Å². The third-order valence-electron chi connectivity index (χ3n) is 11.3. The lowest BCUT2D eigenvalue weighted by atomic mass is 9.48. The SMILES string of the molecule is CC(=O)O[C@@H]1CC[C@]2(C)[C@@H](CCC3=C4CC[C@H]([C@H](C)CC[C@H](C)C(C)C)[C@@]4(C)CC[C@@H]32)C1. The molecular weight excluding hydrogens is 392 g/mol. The summed E-state index contributed by atoms with van der Waals surface area (Å²) in [4.78, 5) is 11.5. The fourth-order valence-corrected chi connectivity index (χ4v) is 8.80. The molecule has 2 nitrogen and oxygen atoms in total. The molecule has 4 aliphatic carbocycles. The number of carbonyl (C=O) groups is 1. The first-order chi connectivity index (χ1) is 15.1. The van der Waals surface area contributed by atoms with E-state index in [0.29, 0.717) is 10.8 Å². The van der Waals surface area contributed by atoms with E-state index in [2.05, 4.69) is 41.5 Å². The molecule has 2 heteroatoms. The smallest absolute Gasteiger partial charge is 0.302 e. The number of rotatable bonds is 6. The molecule has 3 saturated carbocycles. The molecule has 0 aromatic carbocycles. The van der Waals surface area contributed by atoms with Crippen LogP contribution in [0.25, 0.3) is 0 Å². The van der Waals surface area contributed by atoms with Crippen molar-refractivity contribution < 1.29 is 9.53 Å². The normalized spacial score (nSPS) is 41.0. The molecule has 182 valence electrons. The Kier molecular flexibility index (Phi) is 6.92. The van der Waals surface area contributed by atoms with Crippen molar-refractivity contribution in [3.05, 3.63) is 11.1 Å². The number of fused-ring (bicyclic) bond motifs is 4. The van der Waals surface area contributed by atoms with Gasteiger partial charge in [-0.1, -0.05) is 65.5 Å². The fraction of sp³-hybridized carbons (Fsp3) is 0.900. The van der Waals surface area contributed by atoms with Crippen LogP contribution < -0.4 is 0 Å². The second-order valence-electron chi connectivity index (χ2n) is 13.2. The van der Waals surface area contributed by atoms with Crippen LogP contribution in [0.5, 0.6) is 0 Å². The second-order valence-corrected chi connectivity index (χ2v) is 13.2. The van der Waals surface area contributed by atoms with E-state index in [1.165, 1.54) is 57.8 Å². The monoisotopic (exact) mass is 442 g/mol. The number of hydrogen-bond donors (Lipinski definition) is 0. The van der Waals surface area contributed by atoms with Gasteiger partial charge >= 0.3 is 5.97 Å². The van der Waals surface area contributed by atoms with Crippen LogP contribution in [-0.4, -0.2) is 12.1 Å². The summed E-state index contributed by atoms with van der Waals surface area (Å²) in [5, 5.41) is 0. The Labute approximate surface area is 198 Å². The molecule has 0 unspecified atom stereocenters. The number of carbonyl (C=O) groups excluding carboxylic acids is 1. The van der Waals surface area contributed by atoms with Crippen LogP contribution in [0, 0.1) is 46.3 Å². The zero-order valence-corrected chi connectivity index (χ0v) is 22.1. The minimum absolute atomic E-state index is 0.0976. The van der Waals surface area contributed by atoms with E-state index in [1.807, 2.05) is 11.1 Å². The van der Waals surface area contributed by atoms with Crippen LogP contribution >= 0.6 is 0 Å². The van der Waals surface area contributed by atoms with E-state index < -0.39 is 0 Å². The molecule has 0 heterocycles. The topological polar surface area (TPSA) is 26.3 Å². The molecule has 0 bridgehead atoms. The van der Waals surface area contributed by atoms with Gasteiger partial charge in [-0.3, -0.25) is 4.79 Å². The number of hydrogen-bond acceptors (Lipinski definition) is 2. The Morgan fingerprint density at radius 1 is 1.00 bits per heavy atom. The Balaban J connectivity index is 1.50. The van der Waals surface area contributed by atoms with E-state index in [4.69, 9.17) is 4.74 Å². The lowest BCUT2D eigenvalue weighted by Crippen LogP contribution is -2.48. The van der Waals surface area contributed by atoms with Crippen molar-refractivity contribution in [1.29, 1.82) is 0 Å². The summed E-state index contributed by atoms with van der Waals surface area (Å²) in [5.41, 5.74) is 4.69. The molecule has 4 aliphatic rings. The molecule has 0 aromatic rings. The van der Waals surface area contributed by atoms with Gasteiger partial charge in [-0.15, -0.1) is 0 Å². The molecule has 3 fully saturated rings. The van der Waals surface area contributed by atoms with Gasteiger partial charge in [0.1, 0.15) is 6.10 Å². The number of ether oxygens (including phenoxy) is 1. The average molecular weight is 443 g/mol. The Bertz CT molecular complexity index is 735. The van der Waals surface area contributed by atoms with Crippen molar-refractivity contribution in [3.8, 4) is 0 Å². The zero-order chi connectivity index (χ0) is 23.3. The van der Waals surface area contributed by atoms with Crippen LogP contribution in [0.3, 0.4) is 0 Å². The van der Waals surface area contributed by atoms with Crippen molar-refractivity contribution in [3.63, 3.8) is 0 Å². The summed E-state index contributed by atoms with van der Waals surface area (Å²) in [6, 6.07) is 0. The van der Waals surface area contributed by atoms with Crippen molar-refractivity contribution in [1.82, 2.24) is 0 Å². The van der Waals surface area contributed by atoms with E-state index >= 15 is 0 Å². The van der Waals surface area contributed by atoms with Gasteiger partial charge < -0.3 is 4.74 Å². The van der Waals surface area contributed by atoms with Crippen LogP contribution in [-0.2, 0) is 9.53 Å². The maximum Gasteiger partial charge on any atom is 0.302 e. The van der Waals surface area contributed by atoms with E-state index in [1.54, 1.807) is 6.92 Å². The van der Waals surface area contributed by atoms with E-state index in [-0.39, 0.29) is 12.1 Å². The minimum Gasteiger partial charge on any atom is -0.463 e. The Morgan fingerprint density at radius 3 is 2.44 bits per heavy atom. The van der Waals surface area contributed by atoms with Crippen LogP contribution in [0.2, 0.25) is 0 Å². The fourth-order valence-electron chi connectivity index (χ4n) is 8.80. The maximum absolute atomic E-state index is 11.5. The van der Waals surface area contributed by atoms with E-state index in [9.17, 15) is 4.79 Å². The molecule has 0 spiro atoms. The standard InChI is InChI=1S/C30H50O2/c1-19(2)20(3)8-9-21(4)26-12-13-27-25-11-10-23-18-24(32-22(5)31)14-16-29(23,6)28(25)15-17-30(26,27)7/h19-21,23-24,26,28H,8-18H2,1-7H3/t20-,21+,23-,24+,26+,28-,29+,30+/m0/s1. The summed E-state index contributed by atoms with van der Waals surface area (Å²) >= 11 is 0. The number of esters is 1. The van der Waals surface area contributed by atoms with Gasteiger partial charge in [0.15, 0.2) is 0 Å². The van der Waals surface area contributed by atoms with Crippen LogP contribution in [0.4, 0.5) is 0 Å². The predicted octanol–water partition coefficient (Wildman–Crippen LogP) is 8.35. The largest absolute Gasteiger partial charge is 0.463 e. The van der Waals surface area contributed by atoms with Crippen molar-refractivity contribution >= 4 is 5.97 Å². The lowest BCUT2D eigenvalue weighted by Gasteiger charge is -2.57. The summed E-state index contributed by atoms with van der Waals surface area (Å²) in [6.07, 6.45) is 14.6. The second kappa shape index (κ2) is 9.10. The highest BCUT2D eigenvalue weighted by atomic mass is 16.5. The highest BCUT2D eigenvalue weighted by Gasteiger charge is 2.55. The predicted molar refractivity (Wildman–Crippen MR) is 133 cm³/mol. The Morgan fingerprint density at radius 2 is 1.75 bits per heavy atom. The first kappa shape index (κ1) is 24.3. The summed E-state index contributed by atoms with van der Waals surface area (Å²) in [6.45, 7) is 16.6. The number of allylic oxidation sites excluding steroid dienone is 2. The highest BCUT2D eigenvalue weighted by Crippen LogP contribution is 2.66. The first-order valence-electron chi connectivity index (χ1n) is 14.0. The highest BCUT2D eigenvalue weighted by molar-refractivity contribution is 5.66. The molecule has 32 heavy (non-hydrogen) atoms. The molecule has 0 radical (unpaired) electrons. The van der Waals surface area contributed by atoms with Gasteiger partial charge in [0.25, 0.3) is 0 Å². The minimum atomic E-state index is -0.0976. The average Bonchev–Trinajstić information content (AvgIpc) is 3.08. The molecule has 0 aliphatic heterocycles. The van der Waals surface area contributed by atoms with Gasteiger partial charge in [0.2, 0.25) is 0 Å². The van der Waals surface area contributed by atoms with Crippen molar-refractivity contribution in [2.24, 2.45) is 46.3 Å². The summed E-state index contributed by atoms with van der Waals surface area (Å²) in [7, 11) is 0. The summed E-state index contributed by atoms with van der Waals surface area (Å²) in [5.74, 6) is 4.81. The third kappa shape index (κ3) is 4.22. The first-order valence-corrected chi connectivity index (χ1v) is 14.0. The molecular formula is C30H50O2. The molecule has 0 amide bonds. The quantitative estimate of drug-likeness (QED) is 0.305. The van der Waals surface area contributed by atoms with E-state index in [0.717, 1.165) is 48.3 Å². The van der Waals surface area contributed by atoms with Crippen molar-refractivity contribution in [2.45, 2.75) is 125 Å². The zero-order valence-electron chi connectivity index (χ0n) is 22.1. The molecule has 0 saturated heterocycles. The Hall–Kier alpha value is -0.790. The van der Waals surface area contributed by atoms with Gasteiger partial charge in [-0.05, 0) is 104 Å². The molecule has 8 atom stereocenters. The van der Waals surface area contributed by atoms with Crippen LogP contribution in [0.15, 0.2) is 11.1 Å². The molecule has 0 aromatic heterocycles. The summed E-state index contributed by atoms with van der Waals surface area (Å²) < 4.78 is 5.65. The van der Waals surface area contributed by atoms with Crippen LogP contribution in [0.1, 0.15) is 119 Å². The lowest BCUT2D eigenvalue weighted by molar-refractivity contribution is -0.152. The molecule has 0 N–H and O–H groups in total. The van der Waals surface area contributed by atoms with Gasteiger partial charge in [-0.2, -0.15) is 0 Å². The van der Waals surface area contributed by atoms with Crippen molar-refractivity contribution in [2.75, 3.05) is 0 Å². The third-order valence-corrected chi connectivity index (χ3v) is 11.3. The molecule has 4 rings (SSSR count). The van der Waals surface area contributed by atoms with Gasteiger partial charge in [-0.25, -0.2) is 0 Å². The van der Waals surface area contributed by atoms with Gasteiger partial charge in [0.05, 0.1) is 0 Å².